The second-order valence-electron chi connectivity index (χ2n) is 5.26. The highest BCUT2D eigenvalue weighted by molar-refractivity contribution is 7.17. The van der Waals surface area contributed by atoms with Gasteiger partial charge in [-0.25, -0.2) is 9.59 Å². The Kier molecular flexibility index (Phi) is 5.54. The van der Waals surface area contributed by atoms with Crippen molar-refractivity contribution >= 4 is 34.2 Å². The highest BCUT2D eigenvalue weighted by atomic mass is 32.1. The molecule has 1 aliphatic rings. The van der Waals surface area contributed by atoms with Crippen molar-refractivity contribution in [3.05, 3.63) is 27.7 Å². The Bertz CT molecular complexity index is 674. The first kappa shape index (κ1) is 17.2. The van der Waals surface area contributed by atoms with Crippen LogP contribution in [0, 0.1) is 0 Å². The van der Waals surface area contributed by atoms with Gasteiger partial charge in [0.25, 0.3) is 5.91 Å². The third kappa shape index (κ3) is 3.98. The second-order valence-corrected chi connectivity index (χ2v) is 6.36. The van der Waals surface area contributed by atoms with Crippen LogP contribution in [0.3, 0.4) is 0 Å². The molecule has 0 saturated heterocycles. The molecule has 23 heavy (non-hydrogen) atoms. The monoisotopic (exact) mass is 337 g/mol. The molecule has 0 fully saturated rings. The minimum atomic E-state index is -1.19. The van der Waals surface area contributed by atoms with Gasteiger partial charge in [0.05, 0.1) is 12.2 Å². The Morgan fingerprint density at radius 2 is 2.00 bits per heavy atom. The third-order valence-corrected chi connectivity index (χ3v) is 4.78. The maximum Gasteiger partial charge on any atom is 0.341 e. The lowest BCUT2D eigenvalue weighted by Crippen LogP contribution is -2.16. The summed E-state index contributed by atoms with van der Waals surface area (Å²) < 4.78 is 5.11. The molecule has 0 aliphatic heterocycles. The first-order valence-corrected chi connectivity index (χ1v) is 8.30. The molecule has 2 rings (SSSR count). The summed E-state index contributed by atoms with van der Waals surface area (Å²) in [6.07, 6.45) is 4.57. The molecule has 1 aromatic heterocycles. The van der Waals surface area contributed by atoms with Crippen LogP contribution in [0.5, 0.6) is 0 Å². The Hall–Kier alpha value is -2.15. The summed E-state index contributed by atoms with van der Waals surface area (Å²) in [7, 11) is 0. The number of carbonyl (C=O) groups is 3. The zero-order valence-electron chi connectivity index (χ0n) is 13.1. The van der Waals surface area contributed by atoms with Gasteiger partial charge in [-0.15, -0.1) is 11.3 Å². The van der Waals surface area contributed by atoms with E-state index in [2.05, 4.69) is 5.32 Å². The maximum absolute atomic E-state index is 12.3. The summed E-state index contributed by atoms with van der Waals surface area (Å²) in [5.74, 6) is -2.16. The number of amides is 1. The molecule has 0 radical (unpaired) electrons. The topological polar surface area (TPSA) is 92.7 Å². The Labute approximate surface area is 138 Å². The largest absolute Gasteiger partial charge is 0.478 e. The van der Waals surface area contributed by atoms with E-state index in [1.165, 1.54) is 18.3 Å². The normalized spacial score (nSPS) is 14.1. The summed E-state index contributed by atoms with van der Waals surface area (Å²) in [6, 6.07) is 0. The summed E-state index contributed by atoms with van der Waals surface area (Å²) in [5.41, 5.74) is 1.44. The predicted octanol–water partition coefficient (Wildman–Crippen LogP) is 2.77. The van der Waals surface area contributed by atoms with Gasteiger partial charge in [0.1, 0.15) is 5.00 Å². The van der Waals surface area contributed by atoms with Gasteiger partial charge in [-0.1, -0.05) is 0 Å². The number of thiophene rings is 1. The molecule has 124 valence electrons. The molecule has 1 aliphatic carbocycles. The highest BCUT2D eigenvalue weighted by Gasteiger charge is 2.27. The number of aryl methyl sites for hydroxylation is 1. The second kappa shape index (κ2) is 7.41. The van der Waals surface area contributed by atoms with Gasteiger partial charge < -0.3 is 15.2 Å². The lowest BCUT2D eigenvalue weighted by Gasteiger charge is -2.12. The van der Waals surface area contributed by atoms with E-state index in [0.717, 1.165) is 42.2 Å². The molecular weight excluding hydrogens is 318 g/mol. The number of hydrogen-bond donors (Lipinski definition) is 2. The first-order valence-electron chi connectivity index (χ1n) is 7.48. The van der Waals surface area contributed by atoms with Crippen molar-refractivity contribution in [1.29, 1.82) is 0 Å². The Morgan fingerprint density at radius 1 is 1.30 bits per heavy atom. The SMILES string of the molecule is CCOC(=O)c1c(NC(=O)/C(C)=C\C(=O)O)sc2c1CCCC2. The van der Waals surface area contributed by atoms with E-state index in [0.29, 0.717) is 10.6 Å². The number of ether oxygens (including phenoxy) is 1. The van der Waals surface area contributed by atoms with Crippen LogP contribution in [-0.4, -0.2) is 29.6 Å². The van der Waals surface area contributed by atoms with E-state index in [1.807, 2.05) is 0 Å². The number of fused-ring (bicyclic) bond motifs is 1. The van der Waals surface area contributed by atoms with Crippen LogP contribution in [0.15, 0.2) is 11.6 Å². The molecule has 0 unspecified atom stereocenters. The average Bonchev–Trinajstić information content (AvgIpc) is 2.84. The van der Waals surface area contributed by atoms with Gasteiger partial charge >= 0.3 is 11.9 Å². The number of esters is 1. The van der Waals surface area contributed by atoms with Crippen LogP contribution >= 0.6 is 11.3 Å². The van der Waals surface area contributed by atoms with Gasteiger partial charge in [0, 0.05) is 16.5 Å². The number of hydrogen-bond acceptors (Lipinski definition) is 5. The molecule has 0 saturated carbocycles. The van der Waals surface area contributed by atoms with Crippen LogP contribution in [0.1, 0.15) is 47.5 Å². The van der Waals surface area contributed by atoms with Crippen LogP contribution < -0.4 is 5.32 Å². The summed E-state index contributed by atoms with van der Waals surface area (Å²) in [4.78, 5) is 36.1. The van der Waals surface area contributed by atoms with E-state index < -0.39 is 17.8 Å². The number of carbonyl (C=O) groups excluding carboxylic acids is 2. The Balaban J connectivity index is 2.34. The molecule has 0 atom stereocenters. The highest BCUT2D eigenvalue weighted by Crippen LogP contribution is 2.38. The molecular formula is C16H19NO5S. The molecule has 1 amide bonds. The fourth-order valence-corrected chi connectivity index (χ4v) is 3.80. The number of aliphatic carboxylic acids is 1. The van der Waals surface area contributed by atoms with Crippen LogP contribution in [0.25, 0.3) is 0 Å². The number of anilines is 1. The van der Waals surface area contributed by atoms with Gasteiger partial charge in [-0.3, -0.25) is 4.79 Å². The smallest absolute Gasteiger partial charge is 0.341 e. The predicted molar refractivity (Wildman–Crippen MR) is 86.9 cm³/mol. The molecule has 0 spiro atoms. The molecule has 0 bridgehead atoms. The molecule has 2 N–H and O–H groups in total. The molecule has 0 aromatic carbocycles. The molecule has 6 nitrogen and oxygen atoms in total. The van der Waals surface area contributed by atoms with Crippen LogP contribution in [0.4, 0.5) is 5.00 Å². The number of nitrogens with one attached hydrogen (secondary N) is 1. The number of rotatable bonds is 5. The van der Waals surface area contributed by atoms with Gasteiger partial charge in [-0.05, 0) is 45.1 Å². The fourth-order valence-electron chi connectivity index (χ4n) is 2.53. The summed E-state index contributed by atoms with van der Waals surface area (Å²) in [5, 5.41) is 11.8. The summed E-state index contributed by atoms with van der Waals surface area (Å²) in [6.45, 7) is 3.41. The molecule has 1 heterocycles. The minimum absolute atomic E-state index is 0.0682. The third-order valence-electron chi connectivity index (χ3n) is 3.58. The van der Waals surface area contributed by atoms with E-state index >= 15 is 0 Å². The molecule has 7 heteroatoms. The maximum atomic E-state index is 12.3. The number of carboxylic acid groups (broad SMARTS) is 1. The Morgan fingerprint density at radius 3 is 2.65 bits per heavy atom. The van der Waals surface area contributed by atoms with Crippen molar-refractivity contribution in [1.82, 2.24) is 0 Å². The van der Waals surface area contributed by atoms with E-state index in [1.54, 1.807) is 6.92 Å². The van der Waals surface area contributed by atoms with Crippen LogP contribution in [-0.2, 0) is 27.2 Å². The fraction of sp³-hybridized carbons (Fsp3) is 0.438. The van der Waals surface area contributed by atoms with Gasteiger partial charge in [0.2, 0.25) is 0 Å². The van der Waals surface area contributed by atoms with Crippen molar-refractivity contribution in [2.75, 3.05) is 11.9 Å². The zero-order chi connectivity index (χ0) is 17.0. The lowest BCUT2D eigenvalue weighted by atomic mass is 9.95. The summed E-state index contributed by atoms with van der Waals surface area (Å²) >= 11 is 1.37. The van der Waals surface area contributed by atoms with E-state index in [9.17, 15) is 14.4 Å². The van der Waals surface area contributed by atoms with Crippen molar-refractivity contribution in [2.45, 2.75) is 39.5 Å². The van der Waals surface area contributed by atoms with Crippen molar-refractivity contribution in [2.24, 2.45) is 0 Å². The van der Waals surface area contributed by atoms with E-state index in [4.69, 9.17) is 9.84 Å². The quantitative estimate of drug-likeness (QED) is 0.636. The van der Waals surface area contributed by atoms with Gasteiger partial charge in [0.15, 0.2) is 0 Å². The minimum Gasteiger partial charge on any atom is -0.478 e. The van der Waals surface area contributed by atoms with Gasteiger partial charge in [-0.2, -0.15) is 0 Å². The standard InChI is InChI=1S/C16H19NO5S/c1-3-22-16(21)13-10-6-4-5-7-11(10)23-15(13)17-14(20)9(2)8-12(18)19/h8H,3-7H2,1-2H3,(H,17,20)(H,18,19)/b9-8-. The number of carboxylic acids is 1. The lowest BCUT2D eigenvalue weighted by molar-refractivity contribution is -0.131. The average molecular weight is 337 g/mol. The van der Waals surface area contributed by atoms with Crippen molar-refractivity contribution < 1.29 is 24.2 Å². The van der Waals surface area contributed by atoms with E-state index in [-0.39, 0.29) is 12.2 Å². The van der Waals surface area contributed by atoms with Crippen molar-refractivity contribution in [3.63, 3.8) is 0 Å². The van der Waals surface area contributed by atoms with Crippen LogP contribution in [0.2, 0.25) is 0 Å². The molecule has 1 aromatic rings. The first-order chi connectivity index (χ1) is 10.9. The zero-order valence-corrected chi connectivity index (χ0v) is 13.9. The van der Waals surface area contributed by atoms with Crippen molar-refractivity contribution in [3.8, 4) is 0 Å².